The molecule has 10 nitrogen and oxygen atoms in total. The van der Waals surface area contributed by atoms with Crippen molar-refractivity contribution in [3.8, 4) is 11.4 Å². The Hall–Kier alpha value is -3.60. The second-order valence-electron chi connectivity index (χ2n) is 8.19. The lowest BCUT2D eigenvalue weighted by Crippen LogP contribution is -2.57. The molecule has 2 aliphatic rings. The topological polar surface area (TPSA) is 118 Å². The minimum absolute atomic E-state index is 0.0128. The number of hydrogen-bond donors (Lipinski definition) is 2. The molecule has 3 aromatic rings. The Kier molecular flexibility index (Phi) is 4.77. The summed E-state index contributed by atoms with van der Waals surface area (Å²) in [4.78, 5) is 36.2. The van der Waals surface area contributed by atoms with E-state index in [1.165, 1.54) is 40.1 Å². The number of halogens is 1. The summed E-state index contributed by atoms with van der Waals surface area (Å²) < 4.78 is 16.6. The summed E-state index contributed by atoms with van der Waals surface area (Å²) in [5.74, 6) is -1.28. The summed E-state index contributed by atoms with van der Waals surface area (Å²) in [5.41, 5.74) is -0.288. The Balaban J connectivity index is 1.46. The van der Waals surface area contributed by atoms with E-state index in [-0.39, 0.29) is 17.8 Å². The summed E-state index contributed by atoms with van der Waals surface area (Å²) in [7, 11) is 1.99. The number of aromatic nitrogens is 5. The average molecular weight is 439 g/mol. The number of carbonyl (C=O) groups excluding carboxylic acids is 1. The van der Waals surface area contributed by atoms with Crippen molar-refractivity contribution in [2.24, 2.45) is 0 Å². The molecule has 3 heterocycles. The third kappa shape index (κ3) is 3.08. The molecule has 1 aromatic carbocycles. The lowest BCUT2D eigenvalue weighted by atomic mass is 9.73. The first-order valence-electron chi connectivity index (χ1n) is 10.4. The molecule has 1 fully saturated rings. The lowest BCUT2D eigenvalue weighted by Gasteiger charge is -2.51. The predicted octanol–water partition coefficient (Wildman–Crippen LogP) is 0.923. The minimum atomic E-state index is -0.681. The van der Waals surface area contributed by atoms with E-state index < -0.39 is 23.0 Å². The highest BCUT2D eigenvalue weighted by atomic mass is 19.1. The van der Waals surface area contributed by atoms with Crippen LogP contribution in [0, 0.1) is 5.82 Å². The van der Waals surface area contributed by atoms with Gasteiger partial charge in [-0.1, -0.05) is 6.07 Å². The molecule has 5 rings (SSSR count). The van der Waals surface area contributed by atoms with E-state index in [0.717, 1.165) is 19.3 Å². The molecular formula is C21H22FN7O3. The lowest BCUT2D eigenvalue weighted by molar-refractivity contribution is -0.00113. The molecule has 1 saturated carbocycles. The molecule has 2 aromatic heterocycles. The quantitative estimate of drug-likeness (QED) is 0.621. The number of carbonyl (C=O) groups is 1. The second-order valence-corrected chi connectivity index (χ2v) is 8.19. The molecule has 11 heteroatoms. The van der Waals surface area contributed by atoms with Crippen LogP contribution in [0.5, 0.6) is 5.75 Å². The van der Waals surface area contributed by atoms with Gasteiger partial charge in [0, 0.05) is 19.6 Å². The standard InChI is InChI=1S/C21H22FN7O3/c1-27-7-8-28-19(32)17(30)16(26-20(28)21(27)5-2-6-21)18(31)24-10-13-3-4-14(22)9-15(13)29-12-23-11-25-29/h3-4,9,11-12,30H,2,5-8,10H2,1H3,(H,24,31). The monoisotopic (exact) mass is 439 g/mol. The van der Waals surface area contributed by atoms with Gasteiger partial charge in [0.2, 0.25) is 5.75 Å². The summed E-state index contributed by atoms with van der Waals surface area (Å²) in [6.45, 7) is 1.10. The van der Waals surface area contributed by atoms with Crippen molar-refractivity contribution in [2.45, 2.75) is 37.9 Å². The first-order chi connectivity index (χ1) is 15.4. The molecule has 0 unspecified atom stereocenters. The van der Waals surface area contributed by atoms with Gasteiger partial charge in [-0.15, -0.1) is 0 Å². The van der Waals surface area contributed by atoms with Crippen molar-refractivity contribution in [2.75, 3.05) is 13.6 Å². The molecule has 0 atom stereocenters. The Morgan fingerprint density at radius 3 is 2.81 bits per heavy atom. The number of hydrogen-bond acceptors (Lipinski definition) is 7. The highest BCUT2D eigenvalue weighted by Gasteiger charge is 2.48. The highest BCUT2D eigenvalue weighted by Crippen LogP contribution is 2.46. The van der Waals surface area contributed by atoms with E-state index in [1.807, 2.05) is 7.05 Å². The Labute approximate surface area is 182 Å². The summed E-state index contributed by atoms with van der Waals surface area (Å²) in [5, 5.41) is 17.1. The van der Waals surface area contributed by atoms with Gasteiger partial charge >= 0.3 is 0 Å². The smallest absolute Gasteiger partial charge is 0.296 e. The van der Waals surface area contributed by atoms with Gasteiger partial charge in [0.25, 0.3) is 11.5 Å². The normalized spacial score (nSPS) is 17.1. The van der Waals surface area contributed by atoms with E-state index in [1.54, 1.807) is 0 Å². The van der Waals surface area contributed by atoms with Crippen molar-refractivity contribution in [1.29, 1.82) is 0 Å². The average Bonchev–Trinajstić information content (AvgIpc) is 3.28. The summed E-state index contributed by atoms with van der Waals surface area (Å²) in [6, 6.07) is 4.09. The number of rotatable bonds is 4. The van der Waals surface area contributed by atoms with Crippen LogP contribution in [0.25, 0.3) is 5.69 Å². The van der Waals surface area contributed by atoms with Crippen LogP contribution in [0.15, 0.2) is 35.6 Å². The van der Waals surface area contributed by atoms with Crippen molar-refractivity contribution in [3.05, 3.63) is 64.1 Å². The van der Waals surface area contributed by atoms with Crippen LogP contribution >= 0.6 is 0 Å². The van der Waals surface area contributed by atoms with Crippen LogP contribution in [-0.2, 0) is 18.6 Å². The van der Waals surface area contributed by atoms with Crippen LogP contribution in [-0.4, -0.2) is 53.8 Å². The van der Waals surface area contributed by atoms with Crippen LogP contribution in [0.4, 0.5) is 4.39 Å². The van der Waals surface area contributed by atoms with Crippen molar-refractivity contribution in [3.63, 3.8) is 0 Å². The third-order valence-corrected chi connectivity index (χ3v) is 6.50. The molecule has 0 bridgehead atoms. The molecular weight excluding hydrogens is 417 g/mol. The van der Waals surface area contributed by atoms with Crippen molar-refractivity contribution in [1.82, 2.24) is 34.5 Å². The van der Waals surface area contributed by atoms with Crippen LogP contribution < -0.4 is 10.9 Å². The molecule has 2 N–H and O–H groups in total. The SMILES string of the molecule is CN1CCn2c(nc(C(=O)NCc3ccc(F)cc3-n3cncn3)c(O)c2=O)C12CCC2. The first-order valence-corrected chi connectivity index (χ1v) is 10.4. The van der Waals surface area contributed by atoms with Crippen LogP contribution in [0.2, 0.25) is 0 Å². The van der Waals surface area contributed by atoms with Gasteiger partial charge < -0.3 is 10.4 Å². The van der Waals surface area contributed by atoms with Gasteiger partial charge in [0.05, 0.1) is 11.2 Å². The molecule has 166 valence electrons. The fraction of sp³-hybridized carbons (Fsp3) is 0.381. The number of fused-ring (bicyclic) bond motifs is 2. The van der Waals surface area contributed by atoms with Crippen molar-refractivity contribution < 1.29 is 14.3 Å². The third-order valence-electron chi connectivity index (χ3n) is 6.50. The Morgan fingerprint density at radius 1 is 1.31 bits per heavy atom. The number of nitrogens with one attached hydrogen (secondary N) is 1. The van der Waals surface area contributed by atoms with E-state index in [9.17, 15) is 19.1 Å². The van der Waals surface area contributed by atoms with Gasteiger partial charge in [-0.3, -0.25) is 19.1 Å². The molecule has 1 amide bonds. The van der Waals surface area contributed by atoms with Crippen LogP contribution in [0.1, 0.15) is 41.1 Å². The van der Waals surface area contributed by atoms with E-state index in [0.29, 0.717) is 30.2 Å². The van der Waals surface area contributed by atoms with Gasteiger partial charge in [-0.2, -0.15) is 5.10 Å². The largest absolute Gasteiger partial charge is 0.501 e. The first kappa shape index (κ1) is 20.3. The maximum absolute atomic E-state index is 13.8. The van der Waals surface area contributed by atoms with Gasteiger partial charge in [0.15, 0.2) is 5.69 Å². The molecule has 1 aliphatic carbocycles. The zero-order valence-electron chi connectivity index (χ0n) is 17.5. The maximum atomic E-state index is 13.8. The fourth-order valence-electron chi connectivity index (χ4n) is 4.51. The number of amides is 1. The fourth-order valence-corrected chi connectivity index (χ4v) is 4.51. The number of aromatic hydroxyl groups is 1. The second kappa shape index (κ2) is 7.52. The maximum Gasteiger partial charge on any atom is 0.296 e. The van der Waals surface area contributed by atoms with Gasteiger partial charge in [-0.05, 0) is 44.0 Å². The number of benzene rings is 1. The summed E-state index contributed by atoms with van der Waals surface area (Å²) >= 11 is 0. The van der Waals surface area contributed by atoms with Crippen molar-refractivity contribution >= 4 is 5.91 Å². The van der Waals surface area contributed by atoms with Gasteiger partial charge in [0.1, 0.15) is 24.3 Å². The molecule has 1 spiro atoms. The highest BCUT2D eigenvalue weighted by molar-refractivity contribution is 5.94. The number of likely N-dealkylation sites (N-methyl/N-ethyl adjacent to an activating group) is 1. The predicted molar refractivity (Wildman–Crippen MR) is 111 cm³/mol. The van der Waals surface area contributed by atoms with E-state index >= 15 is 0 Å². The zero-order valence-corrected chi connectivity index (χ0v) is 17.5. The van der Waals surface area contributed by atoms with E-state index in [4.69, 9.17) is 0 Å². The zero-order chi connectivity index (χ0) is 22.5. The molecule has 0 radical (unpaired) electrons. The summed E-state index contributed by atoms with van der Waals surface area (Å²) in [6.07, 6.45) is 5.45. The molecule has 1 aliphatic heterocycles. The van der Waals surface area contributed by atoms with E-state index in [2.05, 4.69) is 25.3 Å². The van der Waals surface area contributed by atoms with Gasteiger partial charge in [-0.25, -0.2) is 19.0 Å². The number of nitrogens with zero attached hydrogens (tertiary/aromatic N) is 6. The minimum Gasteiger partial charge on any atom is -0.501 e. The molecule has 0 saturated heterocycles. The Bertz CT molecular complexity index is 1250. The Morgan fingerprint density at radius 2 is 2.12 bits per heavy atom. The van der Waals surface area contributed by atoms with Crippen LogP contribution in [0.3, 0.4) is 0 Å². The molecule has 32 heavy (non-hydrogen) atoms.